The van der Waals surface area contributed by atoms with Crippen LogP contribution in [0.2, 0.25) is 0 Å². The van der Waals surface area contributed by atoms with Crippen LogP contribution in [0.3, 0.4) is 0 Å². The van der Waals surface area contributed by atoms with Gasteiger partial charge in [-0.15, -0.1) is 6.58 Å². The Morgan fingerprint density at radius 1 is 1.40 bits per heavy atom. The molecule has 3 nitrogen and oxygen atoms in total. The molecule has 1 amide bonds. The number of amides is 1. The lowest BCUT2D eigenvalue weighted by molar-refractivity contribution is -0.148. The molecule has 0 bridgehead atoms. The molecule has 1 atom stereocenters. The van der Waals surface area contributed by atoms with Crippen LogP contribution in [0.15, 0.2) is 12.7 Å². The van der Waals surface area contributed by atoms with Gasteiger partial charge >= 0.3 is 6.18 Å². The Hall–Kier alpha value is -1.04. The molecule has 20 heavy (non-hydrogen) atoms. The number of carbonyl (C=O) groups is 1. The van der Waals surface area contributed by atoms with Crippen LogP contribution in [0, 0.1) is 5.41 Å². The molecule has 116 valence electrons. The Balaban J connectivity index is 2.43. The molecule has 1 aliphatic heterocycles. The summed E-state index contributed by atoms with van der Waals surface area (Å²) in [6, 6.07) is -0.0437. The Bertz CT molecular complexity index is 349. The number of nitrogens with one attached hydrogen (secondary N) is 1. The average Bonchev–Trinajstić information content (AvgIpc) is 2.38. The number of piperidine rings is 1. The van der Waals surface area contributed by atoms with E-state index in [1.54, 1.807) is 6.08 Å². The standard InChI is InChI=1S/C14H23F3N2O/c1-4-13(3,5-2)12(20)18-11-6-8-19(9-7-11)10-14(15,16)17/h4,11H,1,5-10H2,2-3H3,(H,18,20)/t13-/m0/s1. The third kappa shape index (κ3) is 4.81. The van der Waals surface area contributed by atoms with Crippen molar-refractivity contribution < 1.29 is 18.0 Å². The number of rotatable bonds is 5. The molecular weight excluding hydrogens is 269 g/mol. The largest absolute Gasteiger partial charge is 0.401 e. The molecule has 0 aromatic heterocycles. The quantitative estimate of drug-likeness (QED) is 0.790. The van der Waals surface area contributed by atoms with Crippen molar-refractivity contribution in [1.82, 2.24) is 10.2 Å². The molecule has 1 fully saturated rings. The van der Waals surface area contributed by atoms with E-state index in [1.807, 2.05) is 13.8 Å². The second kappa shape index (κ2) is 6.61. The Labute approximate surface area is 118 Å². The fraction of sp³-hybridized carbons (Fsp3) is 0.786. The molecule has 1 saturated heterocycles. The van der Waals surface area contributed by atoms with Crippen LogP contribution in [0.1, 0.15) is 33.1 Å². The number of likely N-dealkylation sites (tertiary alicyclic amines) is 1. The normalized spacial score (nSPS) is 21.2. The zero-order chi connectivity index (χ0) is 15.4. The molecule has 0 spiro atoms. The lowest BCUT2D eigenvalue weighted by Crippen LogP contribution is -2.49. The zero-order valence-corrected chi connectivity index (χ0v) is 12.1. The fourth-order valence-electron chi connectivity index (χ4n) is 2.24. The summed E-state index contributed by atoms with van der Waals surface area (Å²) in [4.78, 5) is 13.5. The van der Waals surface area contributed by atoms with Crippen LogP contribution in [0.25, 0.3) is 0 Å². The molecule has 0 radical (unpaired) electrons. The van der Waals surface area contributed by atoms with E-state index in [2.05, 4.69) is 11.9 Å². The maximum absolute atomic E-state index is 12.3. The highest BCUT2D eigenvalue weighted by atomic mass is 19.4. The van der Waals surface area contributed by atoms with Gasteiger partial charge in [0, 0.05) is 19.1 Å². The summed E-state index contributed by atoms with van der Waals surface area (Å²) < 4.78 is 36.8. The molecule has 6 heteroatoms. The summed E-state index contributed by atoms with van der Waals surface area (Å²) in [6.07, 6.45) is -0.770. The van der Waals surface area contributed by atoms with E-state index in [1.165, 1.54) is 4.90 Å². The molecule has 1 rings (SSSR count). The van der Waals surface area contributed by atoms with Crippen molar-refractivity contribution >= 4 is 5.91 Å². The highest BCUT2D eigenvalue weighted by Crippen LogP contribution is 2.24. The Morgan fingerprint density at radius 2 is 1.95 bits per heavy atom. The summed E-state index contributed by atoms with van der Waals surface area (Å²) in [5, 5.41) is 2.93. The number of hydrogen-bond donors (Lipinski definition) is 1. The number of halogens is 3. The van der Waals surface area contributed by atoms with E-state index in [4.69, 9.17) is 0 Å². The van der Waals surface area contributed by atoms with E-state index in [9.17, 15) is 18.0 Å². The third-order valence-electron chi connectivity index (χ3n) is 4.03. The predicted octanol–water partition coefficient (Wildman–Crippen LogP) is 2.73. The van der Waals surface area contributed by atoms with Crippen molar-refractivity contribution in [3.05, 3.63) is 12.7 Å². The minimum absolute atomic E-state index is 0.0437. The van der Waals surface area contributed by atoms with Gasteiger partial charge in [-0.1, -0.05) is 13.0 Å². The molecular formula is C14H23F3N2O. The van der Waals surface area contributed by atoms with Crippen molar-refractivity contribution in [1.29, 1.82) is 0 Å². The molecule has 0 saturated carbocycles. The van der Waals surface area contributed by atoms with Gasteiger partial charge in [-0.2, -0.15) is 13.2 Å². The monoisotopic (exact) mass is 292 g/mol. The van der Waals surface area contributed by atoms with E-state index in [0.29, 0.717) is 32.4 Å². The van der Waals surface area contributed by atoms with Crippen LogP contribution in [0.4, 0.5) is 13.2 Å². The van der Waals surface area contributed by atoms with E-state index < -0.39 is 18.1 Å². The molecule has 1 N–H and O–H groups in total. The minimum Gasteiger partial charge on any atom is -0.353 e. The highest BCUT2D eigenvalue weighted by molar-refractivity contribution is 5.84. The first kappa shape index (κ1) is 17.0. The van der Waals surface area contributed by atoms with Crippen molar-refractivity contribution in [3.63, 3.8) is 0 Å². The Kier molecular flexibility index (Phi) is 5.62. The van der Waals surface area contributed by atoms with Gasteiger partial charge in [0.2, 0.25) is 5.91 Å². The minimum atomic E-state index is -4.15. The molecule has 1 heterocycles. The first-order chi connectivity index (χ1) is 9.20. The SMILES string of the molecule is C=C[C@@](C)(CC)C(=O)NC1CCN(CC(F)(F)F)CC1. The fourth-order valence-corrected chi connectivity index (χ4v) is 2.24. The van der Waals surface area contributed by atoms with Gasteiger partial charge in [0.25, 0.3) is 0 Å². The van der Waals surface area contributed by atoms with Crippen LogP contribution in [-0.4, -0.2) is 42.7 Å². The second-order valence-corrected chi connectivity index (χ2v) is 5.61. The van der Waals surface area contributed by atoms with E-state index in [-0.39, 0.29) is 11.9 Å². The number of carbonyl (C=O) groups excluding carboxylic acids is 1. The number of alkyl halides is 3. The molecule has 0 aromatic carbocycles. The number of hydrogen-bond acceptors (Lipinski definition) is 2. The molecule has 0 aromatic rings. The van der Waals surface area contributed by atoms with Gasteiger partial charge < -0.3 is 5.32 Å². The summed E-state index contributed by atoms with van der Waals surface area (Å²) in [7, 11) is 0. The van der Waals surface area contributed by atoms with Crippen molar-refractivity contribution in [2.24, 2.45) is 5.41 Å². The molecule has 1 aliphatic rings. The average molecular weight is 292 g/mol. The van der Waals surface area contributed by atoms with Gasteiger partial charge in [0.1, 0.15) is 0 Å². The summed E-state index contributed by atoms with van der Waals surface area (Å²) in [6.45, 7) is 7.26. The van der Waals surface area contributed by atoms with Crippen molar-refractivity contribution in [2.45, 2.75) is 45.3 Å². The summed E-state index contributed by atoms with van der Waals surface area (Å²) in [5.74, 6) is -0.0933. The maximum Gasteiger partial charge on any atom is 0.401 e. The topological polar surface area (TPSA) is 32.3 Å². The first-order valence-corrected chi connectivity index (χ1v) is 6.94. The van der Waals surface area contributed by atoms with E-state index >= 15 is 0 Å². The summed E-state index contributed by atoms with van der Waals surface area (Å²) in [5.41, 5.74) is -0.608. The lowest BCUT2D eigenvalue weighted by Gasteiger charge is -2.34. The number of nitrogens with zero attached hydrogens (tertiary/aromatic N) is 1. The first-order valence-electron chi connectivity index (χ1n) is 6.94. The third-order valence-corrected chi connectivity index (χ3v) is 4.03. The van der Waals surface area contributed by atoms with Crippen LogP contribution in [-0.2, 0) is 4.79 Å². The predicted molar refractivity (Wildman–Crippen MR) is 72.3 cm³/mol. The van der Waals surface area contributed by atoms with Gasteiger partial charge in [-0.25, -0.2) is 0 Å². The van der Waals surface area contributed by atoms with Gasteiger partial charge in [-0.3, -0.25) is 9.69 Å². The lowest BCUT2D eigenvalue weighted by atomic mass is 9.86. The van der Waals surface area contributed by atoms with Crippen LogP contribution < -0.4 is 5.32 Å². The van der Waals surface area contributed by atoms with Gasteiger partial charge in [0.15, 0.2) is 0 Å². The smallest absolute Gasteiger partial charge is 0.353 e. The van der Waals surface area contributed by atoms with Crippen molar-refractivity contribution in [3.8, 4) is 0 Å². The van der Waals surface area contributed by atoms with E-state index in [0.717, 1.165) is 0 Å². The Morgan fingerprint density at radius 3 is 2.35 bits per heavy atom. The maximum atomic E-state index is 12.3. The van der Waals surface area contributed by atoms with Crippen LogP contribution >= 0.6 is 0 Å². The van der Waals surface area contributed by atoms with Crippen molar-refractivity contribution in [2.75, 3.05) is 19.6 Å². The summed E-state index contributed by atoms with van der Waals surface area (Å²) >= 11 is 0. The van der Waals surface area contributed by atoms with Crippen LogP contribution in [0.5, 0.6) is 0 Å². The second-order valence-electron chi connectivity index (χ2n) is 5.61. The zero-order valence-electron chi connectivity index (χ0n) is 12.1. The molecule has 0 unspecified atom stereocenters. The van der Waals surface area contributed by atoms with Gasteiger partial charge in [-0.05, 0) is 26.2 Å². The highest BCUT2D eigenvalue weighted by Gasteiger charge is 2.34. The molecule has 0 aliphatic carbocycles. The van der Waals surface area contributed by atoms with Gasteiger partial charge in [0.05, 0.1) is 12.0 Å².